The van der Waals surface area contributed by atoms with E-state index in [2.05, 4.69) is 5.32 Å². The van der Waals surface area contributed by atoms with Crippen molar-refractivity contribution in [2.45, 2.75) is 13.2 Å². The van der Waals surface area contributed by atoms with Crippen molar-refractivity contribution in [3.8, 4) is 17.6 Å². The summed E-state index contributed by atoms with van der Waals surface area (Å²) in [6, 6.07) is 31.1. The Kier molecular flexibility index (Phi) is 8.83. The van der Waals surface area contributed by atoms with Crippen LogP contribution in [0.2, 0.25) is 10.0 Å². The second kappa shape index (κ2) is 12.6. The van der Waals surface area contributed by atoms with Gasteiger partial charge in [0.2, 0.25) is 0 Å². The number of anilines is 1. The summed E-state index contributed by atoms with van der Waals surface area (Å²) in [7, 11) is 0. The summed E-state index contributed by atoms with van der Waals surface area (Å²) in [5, 5.41) is 13.5. The van der Waals surface area contributed by atoms with Gasteiger partial charge < -0.3 is 14.8 Å². The lowest BCUT2D eigenvalue weighted by Crippen LogP contribution is -2.13. The summed E-state index contributed by atoms with van der Waals surface area (Å²) >= 11 is 12.2. The minimum absolute atomic E-state index is 0.0979. The third-order valence-corrected chi connectivity index (χ3v) is 5.75. The molecule has 37 heavy (non-hydrogen) atoms. The molecule has 0 aliphatic carbocycles. The van der Waals surface area contributed by atoms with Gasteiger partial charge in [0.05, 0.1) is 0 Å². The minimum Gasteiger partial charge on any atom is -0.489 e. The molecule has 4 rings (SSSR count). The molecule has 0 aromatic heterocycles. The Morgan fingerprint density at radius 1 is 0.811 bits per heavy atom. The van der Waals surface area contributed by atoms with Crippen molar-refractivity contribution in [3.05, 3.63) is 129 Å². The van der Waals surface area contributed by atoms with Crippen LogP contribution in [0.1, 0.15) is 16.7 Å². The molecule has 0 heterocycles. The number of nitriles is 1. The number of carbonyl (C=O) groups is 1. The molecule has 0 bridgehead atoms. The van der Waals surface area contributed by atoms with Crippen LogP contribution in [0, 0.1) is 11.3 Å². The topological polar surface area (TPSA) is 71.3 Å². The van der Waals surface area contributed by atoms with E-state index in [4.69, 9.17) is 32.7 Å². The molecular formula is C30H22Cl2N2O3. The lowest BCUT2D eigenvalue weighted by Gasteiger charge is -2.11. The summed E-state index contributed by atoms with van der Waals surface area (Å²) in [5.74, 6) is 0.587. The minimum atomic E-state index is -0.554. The Balaban J connectivity index is 1.43. The summed E-state index contributed by atoms with van der Waals surface area (Å²) in [6.07, 6.45) is 1.45. The van der Waals surface area contributed by atoms with Gasteiger partial charge in [-0.15, -0.1) is 0 Å². The van der Waals surface area contributed by atoms with Crippen LogP contribution in [0.25, 0.3) is 6.08 Å². The number of amides is 1. The average molecular weight is 529 g/mol. The van der Waals surface area contributed by atoms with E-state index < -0.39 is 5.91 Å². The molecule has 0 saturated carbocycles. The molecule has 5 nitrogen and oxygen atoms in total. The molecule has 7 heteroatoms. The SMILES string of the molecule is N#C/C(=C\c1cc(Cl)ccc1OCc1cccc(Cl)c1)C(=O)Nc1ccc(OCc2ccccc2)cc1. The second-order valence-corrected chi connectivity index (χ2v) is 8.90. The van der Waals surface area contributed by atoms with Crippen molar-refractivity contribution in [1.29, 1.82) is 5.26 Å². The Labute approximate surface area is 225 Å². The highest BCUT2D eigenvalue weighted by atomic mass is 35.5. The van der Waals surface area contributed by atoms with Crippen molar-refractivity contribution >= 4 is 40.9 Å². The van der Waals surface area contributed by atoms with Gasteiger partial charge in [-0.2, -0.15) is 5.26 Å². The van der Waals surface area contributed by atoms with Gasteiger partial charge >= 0.3 is 0 Å². The second-order valence-electron chi connectivity index (χ2n) is 8.02. The number of nitrogens with one attached hydrogen (secondary N) is 1. The molecule has 0 unspecified atom stereocenters. The van der Waals surface area contributed by atoms with Crippen LogP contribution < -0.4 is 14.8 Å². The highest BCUT2D eigenvalue weighted by Crippen LogP contribution is 2.27. The molecule has 0 aliphatic heterocycles. The number of hydrogen-bond acceptors (Lipinski definition) is 4. The summed E-state index contributed by atoms with van der Waals surface area (Å²) in [4.78, 5) is 12.8. The summed E-state index contributed by atoms with van der Waals surface area (Å²) in [6.45, 7) is 0.699. The van der Waals surface area contributed by atoms with Gasteiger partial charge in [-0.1, -0.05) is 65.7 Å². The van der Waals surface area contributed by atoms with Gasteiger partial charge in [-0.3, -0.25) is 4.79 Å². The van der Waals surface area contributed by atoms with Crippen molar-refractivity contribution < 1.29 is 14.3 Å². The van der Waals surface area contributed by atoms with Gasteiger partial charge in [0, 0.05) is 21.3 Å². The van der Waals surface area contributed by atoms with E-state index in [1.165, 1.54) is 6.08 Å². The number of ether oxygens (including phenoxy) is 2. The van der Waals surface area contributed by atoms with E-state index in [-0.39, 0.29) is 12.2 Å². The van der Waals surface area contributed by atoms with Crippen LogP contribution in [0.15, 0.2) is 103 Å². The first-order valence-electron chi connectivity index (χ1n) is 11.4. The number of benzene rings is 4. The number of hydrogen-bond donors (Lipinski definition) is 1. The van der Waals surface area contributed by atoms with Crippen LogP contribution in [0.5, 0.6) is 11.5 Å². The van der Waals surface area contributed by atoms with Crippen molar-refractivity contribution in [1.82, 2.24) is 0 Å². The Hall–Kier alpha value is -4.24. The molecule has 0 spiro atoms. The van der Waals surface area contributed by atoms with Crippen LogP contribution in [-0.2, 0) is 18.0 Å². The Bertz CT molecular complexity index is 1450. The molecule has 0 fully saturated rings. The molecule has 4 aromatic rings. The molecule has 0 saturated heterocycles. The van der Waals surface area contributed by atoms with Gasteiger partial charge in [-0.25, -0.2) is 0 Å². The highest BCUT2D eigenvalue weighted by molar-refractivity contribution is 6.31. The van der Waals surface area contributed by atoms with Crippen LogP contribution in [0.4, 0.5) is 5.69 Å². The average Bonchev–Trinajstić information content (AvgIpc) is 2.91. The fraction of sp³-hybridized carbons (Fsp3) is 0.0667. The van der Waals surface area contributed by atoms with E-state index in [1.54, 1.807) is 54.6 Å². The largest absolute Gasteiger partial charge is 0.489 e. The maximum absolute atomic E-state index is 12.8. The van der Waals surface area contributed by atoms with E-state index in [0.717, 1.165) is 11.1 Å². The standard InChI is InChI=1S/C30H22Cl2N2O3/c31-25-8-4-7-22(15-25)20-37-29-14-9-26(32)17-23(29)16-24(18-33)30(35)34-27-10-12-28(13-11-27)36-19-21-5-2-1-3-6-21/h1-17H,19-20H2,(H,34,35)/b24-16+. The zero-order valence-corrected chi connectivity index (χ0v) is 21.2. The number of rotatable bonds is 9. The lowest BCUT2D eigenvalue weighted by molar-refractivity contribution is -0.112. The molecule has 184 valence electrons. The molecule has 1 amide bonds. The van der Waals surface area contributed by atoms with Crippen LogP contribution >= 0.6 is 23.2 Å². The molecule has 0 aliphatic rings. The predicted molar refractivity (Wildman–Crippen MR) is 147 cm³/mol. The van der Waals surface area contributed by atoms with Gasteiger partial charge in [-0.05, 0) is 71.8 Å². The van der Waals surface area contributed by atoms with Crippen molar-refractivity contribution in [2.75, 3.05) is 5.32 Å². The van der Waals surface area contributed by atoms with Crippen molar-refractivity contribution in [3.63, 3.8) is 0 Å². The maximum atomic E-state index is 12.8. The zero-order valence-electron chi connectivity index (χ0n) is 19.7. The highest BCUT2D eigenvalue weighted by Gasteiger charge is 2.13. The fourth-order valence-electron chi connectivity index (χ4n) is 3.43. The smallest absolute Gasteiger partial charge is 0.266 e. The third kappa shape index (κ3) is 7.62. The molecule has 1 N–H and O–H groups in total. The monoisotopic (exact) mass is 528 g/mol. The molecular weight excluding hydrogens is 507 g/mol. The van der Waals surface area contributed by atoms with E-state index in [0.29, 0.717) is 39.4 Å². The van der Waals surface area contributed by atoms with Crippen LogP contribution in [0.3, 0.4) is 0 Å². The van der Waals surface area contributed by atoms with Crippen LogP contribution in [-0.4, -0.2) is 5.91 Å². The number of nitrogens with zero attached hydrogens (tertiary/aromatic N) is 1. The lowest BCUT2D eigenvalue weighted by atomic mass is 10.1. The molecule has 0 radical (unpaired) electrons. The Morgan fingerprint density at radius 3 is 2.24 bits per heavy atom. The van der Waals surface area contributed by atoms with Gasteiger partial charge in [0.25, 0.3) is 5.91 Å². The zero-order chi connectivity index (χ0) is 26.0. The van der Waals surface area contributed by atoms with Crippen molar-refractivity contribution in [2.24, 2.45) is 0 Å². The van der Waals surface area contributed by atoms with E-state index in [9.17, 15) is 10.1 Å². The van der Waals surface area contributed by atoms with E-state index in [1.807, 2.05) is 48.5 Å². The van der Waals surface area contributed by atoms with E-state index >= 15 is 0 Å². The maximum Gasteiger partial charge on any atom is 0.266 e. The first kappa shape index (κ1) is 25.8. The molecule has 0 atom stereocenters. The van der Waals surface area contributed by atoms with Gasteiger partial charge in [0.15, 0.2) is 0 Å². The summed E-state index contributed by atoms with van der Waals surface area (Å²) in [5.41, 5.74) is 2.87. The third-order valence-electron chi connectivity index (χ3n) is 5.28. The van der Waals surface area contributed by atoms with Gasteiger partial charge in [0.1, 0.15) is 36.4 Å². The first-order valence-corrected chi connectivity index (χ1v) is 12.1. The Morgan fingerprint density at radius 2 is 1.51 bits per heavy atom. The summed E-state index contributed by atoms with van der Waals surface area (Å²) < 4.78 is 11.7. The normalized spacial score (nSPS) is 10.9. The quantitative estimate of drug-likeness (QED) is 0.178. The predicted octanol–water partition coefficient (Wildman–Crippen LogP) is 7.70. The number of carbonyl (C=O) groups excluding carboxylic acids is 1. The molecule has 4 aromatic carbocycles. The first-order chi connectivity index (χ1) is 18.0. The number of halogens is 2. The fourth-order valence-corrected chi connectivity index (χ4v) is 3.82.